The van der Waals surface area contributed by atoms with Gasteiger partial charge in [0.25, 0.3) is 11.5 Å². The highest BCUT2D eigenvalue weighted by atomic mass is 16.5. The summed E-state index contributed by atoms with van der Waals surface area (Å²) in [6, 6.07) is 11.6. The molecule has 0 fully saturated rings. The van der Waals surface area contributed by atoms with Gasteiger partial charge in [0, 0.05) is 38.1 Å². The number of hydrogen-bond acceptors (Lipinski definition) is 5. The smallest absolute Gasteiger partial charge is 0.303 e. The molecule has 0 saturated heterocycles. The average Bonchev–Trinajstić information content (AvgIpc) is 2.76. The Balaban J connectivity index is 2.24. The molecule has 2 aromatic rings. The molecule has 1 aromatic carbocycles. The molecule has 32 heavy (non-hydrogen) atoms. The van der Waals surface area contributed by atoms with Gasteiger partial charge in [-0.2, -0.15) is 0 Å². The van der Waals surface area contributed by atoms with E-state index in [9.17, 15) is 19.2 Å². The summed E-state index contributed by atoms with van der Waals surface area (Å²) >= 11 is 0. The minimum atomic E-state index is -1.29. The molecular formula is C24H31N3O5. The average molecular weight is 442 g/mol. The Hall–Kier alpha value is -3.42. The molecule has 0 radical (unpaired) electrons. The molecule has 0 aliphatic rings. The molecule has 0 aliphatic carbocycles. The number of carbonyl (C=O) groups is 3. The molecule has 0 saturated carbocycles. The number of amides is 2. The van der Waals surface area contributed by atoms with Gasteiger partial charge in [-0.1, -0.05) is 50.2 Å². The summed E-state index contributed by atoms with van der Waals surface area (Å²) in [5, 5.41) is 5.56. The zero-order chi connectivity index (χ0) is 23.5. The van der Waals surface area contributed by atoms with Crippen LogP contribution in [0.4, 0.5) is 0 Å². The Labute approximate surface area is 187 Å². The zero-order valence-electron chi connectivity index (χ0n) is 18.7. The van der Waals surface area contributed by atoms with Crippen molar-refractivity contribution in [3.8, 4) is 0 Å². The fourth-order valence-electron chi connectivity index (χ4n) is 3.17. The normalized spacial score (nSPS) is 12.6. The lowest BCUT2D eigenvalue weighted by Gasteiger charge is -2.27. The molecule has 2 amide bonds. The molecule has 2 rings (SSSR count). The number of esters is 1. The minimum Gasteiger partial charge on any atom is -0.450 e. The minimum absolute atomic E-state index is 0.0281. The summed E-state index contributed by atoms with van der Waals surface area (Å²) in [5.74, 6) is -1.16. The Morgan fingerprint density at radius 2 is 1.78 bits per heavy atom. The first-order valence-electron chi connectivity index (χ1n) is 10.7. The molecule has 0 spiro atoms. The highest BCUT2D eigenvalue weighted by molar-refractivity contribution is 5.85. The Morgan fingerprint density at radius 3 is 2.41 bits per heavy atom. The fourth-order valence-corrected chi connectivity index (χ4v) is 3.17. The van der Waals surface area contributed by atoms with Crippen molar-refractivity contribution in [3.63, 3.8) is 0 Å². The summed E-state index contributed by atoms with van der Waals surface area (Å²) < 4.78 is 5.32. The molecular weight excluding hydrogens is 410 g/mol. The predicted octanol–water partition coefficient (Wildman–Crippen LogP) is 2.09. The van der Waals surface area contributed by atoms with Gasteiger partial charge in [0.1, 0.15) is 0 Å². The lowest BCUT2D eigenvalue weighted by atomic mass is 10.00. The monoisotopic (exact) mass is 441 g/mol. The standard InChI is InChI=1S/C24H31N3O5/c1-16(2)11-12-21(29)27-20(14-19-10-7-13-25-23(19)30)22(32-17(3)28)24(31)26-15-18-8-5-4-6-9-18/h4-10,13,16,20,22H,11-12,14-15H2,1-3H3,(H,25,30)(H,26,31)(H,27,29)/t20-,22?/m0/s1. The van der Waals surface area contributed by atoms with Crippen molar-refractivity contribution in [2.24, 2.45) is 5.92 Å². The maximum atomic E-state index is 13.0. The second-order valence-corrected chi connectivity index (χ2v) is 8.07. The van der Waals surface area contributed by atoms with E-state index < -0.39 is 24.0 Å². The third-order valence-corrected chi connectivity index (χ3v) is 4.86. The van der Waals surface area contributed by atoms with Gasteiger partial charge >= 0.3 is 5.97 Å². The van der Waals surface area contributed by atoms with Crippen molar-refractivity contribution in [2.45, 2.75) is 58.7 Å². The van der Waals surface area contributed by atoms with Crippen molar-refractivity contribution < 1.29 is 19.1 Å². The number of ether oxygens (including phenoxy) is 1. The number of pyridine rings is 1. The van der Waals surface area contributed by atoms with E-state index in [2.05, 4.69) is 15.6 Å². The highest BCUT2D eigenvalue weighted by Crippen LogP contribution is 2.10. The molecule has 172 valence electrons. The topological polar surface area (TPSA) is 117 Å². The number of carbonyl (C=O) groups excluding carboxylic acids is 3. The molecule has 1 unspecified atom stereocenters. The second-order valence-electron chi connectivity index (χ2n) is 8.07. The molecule has 3 N–H and O–H groups in total. The SMILES string of the molecule is CC(=O)OC(C(=O)NCc1ccccc1)[C@H](Cc1ccc[nH]c1=O)NC(=O)CCC(C)C. The van der Waals surface area contributed by atoms with Gasteiger partial charge in [0.05, 0.1) is 6.04 Å². The van der Waals surface area contributed by atoms with Crippen molar-refractivity contribution in [1.82, 2.24) is 15.6 Å². The number of benzene rings is 1. The van der Waals surface area contributed by atoms with E-state index in [0.717, 1.165) is 5.56 Å². The van der Waals surface area contributed by atoms with Crippen LogP contribution in [0.2, 0.25) is 0 Å². The van der Waals surface area contributed by atoms with Crippen molar-refractivity contribution >= 4 is 17.8 Å². The first-order chi connectivity index (χ1) is 15.3. The predicted molar refractivity (Wildman–Crippen MR) is 121 cm³/mol. The second kappa shape index (κ2) is 12.4. The molecule has 1 heterocycles. The van der Waals surface area contributed by atoms with Crippen LogP contribution in [0.5, 0.6) is 0 Å². The van der Waals surface area contributed by atoms with Crippen molar-refractivity contribution in [3.05, 3.63) is 70.1 Å². The Kier molecular flexibility index (Phi) is 9.66. The van der Waals surface area contributed by atoms with Crippen LogP contribution in [0, 0.1) is 5.92 Å². The number of aromatic amines is 1. The van der Waals surface area contributed by atoms with Crippen LogP contribution in [-0.2, 0) is 32.1 Å². The van der Waals surface area contributed by atoms with Gasteiger partial charge < -0.3 is 20.4 Å². The quantitative estimate of drug-likeness (QED) is 0.462. The third kappa shape index (κ3) is 8.37. The Morgan fingerprint density at radius 1 is 1.06 bits per heavy atom. The summed E-state index contributed by atoms with van der Waals surface area (Å²) in [4.78, 5) is 52.1. The van der Waals surface area contributed by atoms with Gasteiger partial charge in [-0.3, -0.25) is 19.2 Å². The maximum Gasteiger partial charge on any atom is 0.303 e. The van der Waals surface area contributed by atoms with Gasteiger partial charge in [0.2, 0.25) is 5.91 Å². The lowest BCUT2D eigenvalue weighted by Crippen LogP contribution is -2.53. The zero-order valence-corrected chi connectivity index (χ0v) is 18.7. The number of nitrogens with one attached hydrogen (secondary N) is 3. The van der Waals surface area contributed by atoms with E-state index in [1.165, 1.54) is 13.1 Å². The van der Waals surface area contributed by atoms with Gasteiger partial charge in [-0.05, 0) is 24.0 Å². The summed E-state index contributed by atoms with van der Waals surface area (Å²) in [6.45, 7) is 5.45. The lowest BCUT2D eigenvalue weighted by molar-refractivity contribution is -0.156. The van der Waals surface area contributed by atoms with Crippen molar-refractivity contribution in [1.29, 1.82) is 0 Å². The van der Waals surface area contributed by atoms with E-state index in [0.29, 0.717) is 17.9 Å². The van der Waals surface area contributed by atoms with Gasteiger partial charge in [-0.25, -0.2) is 0 Å². The van der Waals surface area contributed by atoms with Crippen molar-refractivity contribution in [2.75, 3.05) is 0 Å². The molecule has 0 bridgehead atoms. The third-order valence-electron chi connectivity index (χ3n) is 4.86. The van der Waals surface area contributed by atoms with E-state index in [-0.39, 0.29) is 30.9 Å². The first kappa shape index (κ1) is 24.8. The number of rotatable bonds is 11. The molecule has 8 nitrogen and oxygen atoms in total. The summed E-state index contributed by atoms with van der Waals surface area (Å²) in [6.07, 6.45) is 1.16. The van der Waals surface area contributed by atoms with Crippen LogP contribution in [0.25, 0.3) is 0 Å². The van der Waals surface area contributed by atoms with E-state index >= 15 is 0 Å². The summed E-state index contributed by atoms with van der Waals surface area (Å²) in [7, 11) is 0. The van der Waals surface area contributed by atoms with Crippen LogP contribution >= 0.6 is 0 Å². The fraction of sp³-hybridized carbons (Fsp3) is 0.417. The van der Waals surface area contributed by atoms with E-state index in [1.807, 2.05) is 44.2 Å². The number of hydrogen-bond donors (Lipinski definition) is 3. The molecule has 0 aliphatic heterocycles. The van der Waals surface area contributed by atoms with Crippen LogP contribution < -0.4 is 16.2 Å². The molecule has 1 aromatic heterocycles. The van der Waals surface area contributed by atoms with Crippen LogP contribution in [-0.4, -0.2) is 34.9 Å². The summed E-state index contributed by atoms with van der Waals surface area (Å²) in [5.41, 5.74) is 0.911. The van der Waals surface area contributed by atoms with Gasteiger partial charge in [-0.15, -0.1) is 0 Å². The number of aromatic nitrogens is 1. The van der Waals surface area contributed by atoms with E-state index in [1.54, 1.807) is 12.1 Å². The van der Waals surface area contributed by atoms with E-state index in [4.69, 9.17) is 4.74 Å². The Bertz CT molecular complexity index is 955. The van der Waals surface area contributed by atoms with Crippen LogP contribution in [0.1, 0.15) is 44.7 Å². The molecule has 2 atom stereocenters. The maximum absolute atomic E-state index is 13.0. The largest absolute Gasteiger partial charge is 0.450 e. The first-order valence-corrected chi connectivity index (χ1v) is 10.7. The molecule has 8 heteroatoms. The van der Waals surface area contributed by atoms with Gasteiger partial charge in [0.15, 0.2) is 6.10 Å². The number of H-pyrrole nitrogens is 1. The van der Waals surface area contributed by atoms with Crippen LogP contribution in [0.15, 0.2) is 53.5 Å². The highest BCUT2D eigenvalue weighted by Gasteiger charge is 2.33. The van der Waals surface area contributed by atoms with Crippen LogP contribution in [0.3, 0.4) is 0 Å².